The summed E-state index contributed by atoms with van der Waals surface area (Å²) in [6.07, 6.45) is 5.47. The highest BCUT2D eigenvalue weighted by atomic mass is 16.5. The van der Waals surface area contributed by atoms with E-state index in [1.54, 1.807) is 6.92 Å². The van der Waals surface area contributed by atoms with Crippen molar-refractivity contribution in [3.8, 4) is 0 Å². The van der Waals surface area contributed by atoms with Crippen LogP contribution in [0.15, 0.2) is 24.4 Å². The lowest BCUT2D eigenvalue weighted by atomic mass is 10.1. The maximum absolute atomic E-state index is 12.1. The van der Waals surface area contributed by atoms with E-state index in [0.29, 0.717) is 19.6 Å². The fourth-order valence-electron chi connectivity index (χ4n) is 2.77. The molecule has 7 nitrogen and oxygen atoms in total. The molecule has 130 valence electrons. The highest BCUT2D eigenvalue weighted by Crippen LogP contribution is 2.13. The molecule has 1 aliphatic rings. The Morgan fingerprint density at radius 1 is 1.46 bits per heavy atom. The summed E-state index contributed by atoms with van der Waals surface area (Å²) in [5.41, 5.74) is 0.808. The smallest absolute Gasteiger partial charge is 0.248 e. The number of pyridine rings is 1. The van der Waals surface area contributed by atoms with Crippen molar-refractivity contribution in [2.45, 2.75) is 44.8 Å². The van der Waals surface area contributed by atoms with Gasteiger partial charge in [0, 0.05) is 25.8 Å². The van der Waals surface area contributed by atoms with Crippen LogP contribution in [0.4, 0.5) is 0 Å². The van der Waals surface area contributed by atoms with Crippen molar-refractivity contribution in [1.29, 1.82) is 0 Å². The van der Waals surface area contributed by atoms with E-state index < -0.39 is 6.10 Å². The van der Waals surface area contributed by atoms with Crippen molar-refractivity contribution in [1.82, 2.24) is 19.9 Å². The van der Waals surface area contributed by atoms with E-state index in [1.807, 2.05) is 28.8 Å². The lowest BCUT2D eigenvalue weighted by Gasteiger charge is -2.23. The van der Waals surface area contributed by atoms with Gasteiger partial charge in [0.1, 0.15) is 11.9 Å². The zero-order chi connectivity index (χ0) is 16.8. The van der Waals surface area contributed by atoms with E-state index in [1.165, 1.54) is 6.42 Å². The average molecular weight is 332 g/mol. The van der Waals surface area contributed by atoms with Gasteiger partial charge >= 0.3 is 0 Å². The minimum atomic E-state index is -0.481. The predicted octanol–water partition coefficient (Wildman–Crippen LogP) is 1.36. The van der Waals surface area contributed by atoms with Gasteiger partial charge in [0.25, 0.3) is 0 Å². The first kappa shape index (κ1) is 16.9. The van der Waals surface area contributed by atoms with Crippen molar-refractivity contribution in [2.24, 2.45) is 0 Å². The molecule has 1 fully saturated rings. The fraction of sp³-hybridized carbons (Fsp3) is 0.588. The van der Waals surface area contributed by atoms with Gasteiger partial charge in [-0.2, -0.15) is 0 Å². The van der Waals surface area contributed by atoms with Crippen LogP contribution >= 0.6 is 0 Å². The van der Waals surface area contributed by atoms with Crippen LogP contribution in [0.25, 0.3) is 5.65 Å². The van der Waals surface area contributed by atoms with E-state index in [-0.39, 0.29) is 12.0 Å². The average Bonchev–Trinajstić information content (AvgIpc) is 3.04. The van der Waals surface area contributed by atoms with Crippen molar-refractivity contribution in [2.75, 3.05) is 19.8 Å². The number of aromatic nitrogens is 3. The van der Waals surface area contributed by atoms with Crippen LogP contribution in [0.2, 0.25) is 0 Å². The molecule has 7 heteroatoms. The van der Waals surface area contributed by atoms with E-state index in [4.69, 9.17) is 9.47 Å². The lowest BCUT2D eigenvalue weighted by molar-refractivity contribution is -0.135. The van der Waals surface area contributed by atoms with Crippen LogP contribution in [0.5, 0.6) is 0 Å². The second-order valence-corrected chi connectivity index (χ2v) is 6.05. The Morgan fingerprint density at radius 3 is 3.21 bits per heavy atom. The van der Waals surface area contributed by atoms with Crippen molar-refractivity contribution >= 4 is 11.6 Å². The monoisotopic (exact) mass is 332 g/mol. The largest absolute Gasteiger partial charge is 0.376 e. The molecule has 0 aliphatic carbocycles. The fourth-order valence-corrected chi connectivity index (χ4v) is 2.77. The molecule has 24 heavy (non-hydrogen) atoms. The highest BCUT2D eigenvalue weighted by molar-refractivity contribution is 5.80. The van der Waals surface area contributed by atoms with Crippen molar-refractivity contribution in [3.05, 3.63) is 30.2 Å². The summed E-state index contributed by atoms with van der Waals surface area (Å²) in [5, 5.41) is 11.1. The minimum absolute atomic E-state index is 0.111. The first-order valence-electron chi connectivity index (χ1n) is 8.53. The molecule has 0 saturated carbocycles. The van der Waals surface area contributed by atoms with Crippen LogP contribution in [0, 0.1) is 0 Å². The van der Waals surface area contributed by atoms with Gasteiger partial charge < -0.3 is 14.8 Å². The second kappa shape index (κ2) is 8.21. The van der Waals surface area contributed by atoms with Gasteiger partial charge in [0.2, 0.25) is 5.91 Å². The van der Waals surface area contributed by atoms with E-state index in [2.05, 4.69) is 15.5 Å². The molecule has 3 rings (SSSR count). The summed E-state index contributed by atoms with van der Waals surface area (Å²) >= 11 is 0. The summed E-state index contributed by atoms with van der Waals surface area (Å²) in [6, 6.07) is 5.75. The molecule has 1 N–H and O–H groups in total. The Morgan fingerprint density at radius 2 is 2.38 bits per heavy atom. The van der Waals surface area contributed by atoms with E-state index >= 15 is 0 Å². The number of nitrogens with one attached hydrogen (secondary N) is 1. The third-order valence-corrected chi connectivity index (χ3v) is 4.21. The molecule has 2 aromatic heterocycles. The number of carbonyl (C=O) groups excluding carboxylic acids is 1. The van der Waals surface area contributed by atoms with Crippen LogP contribution < -0.4 is 5.32 Å². The number of amides is 1. The molecule has 3 heterocycles. The van der Waals surface area contributed by atoms with Gasteiger partial charge in [0.15, 0.2) is 5.65 Å². The summed E-state index contributed by atoms with van der Waals surface area (Å²) in [7, 11) is 0. The molecule has 2 aromatic rings. The number of hydrogen-bond donors (Lipinski definition) is 1. The molecule has 2 unspecified atom stereocenters. The maximum atomic E-state index is 12.1. The van der Waals surface area contributed by atoms with Crippen LogP contribution in [-0.4, -0.2) is 52.5 Å². The number of carbonyl (C=O) groups is 1. The molecule has 0 aromatic carbocycles. The molecule has 2 atom stereocenters. The summed E-state index contributed by atoms with van der Waals surface area (Å²) < 4.78 is 13.2. The maximum Gasteiger partial charge on any atom is 0.248 e. The lowest BCUT2D eigenvalue weighted by Crippen LogP contribution is -2.37. The van der Waals surface area contributed by atoms with Gasteiger partial charge in [-0.1, -0.05) is 6.07 Å². The number of hydrogen-bond acceptors (Lipinski definition) is 5. The molecule has 0 spiro atoms. The molecule has 1 aliphatic heterocycles. The summed E-state index contributed by atoms with van der Waals surface area (Å²) in [5.74, 6) is 0.717. The zero-order valence-corrected chi connectivity index (χ0v) is 14.0. The number of ether oxygens (including phenoxy) is 2. The summed E-state index contributed by atoms with van der Waals surface area (Å²) in [6.45, 7) is 3.54. The highest BCUT2D eigenvalue weighted by Gasteiger charge is 2.18. The predicted molar refractivity (Wildman–Crippen MR) is 88.7 cm³/mol. The molecule has 1 amide bonds. The standard InChI is InChI=1S/C17H24N4O3/c1-13(24-12-14-6-3-5-11-23-14)17(22)18-9-8-16-20-19-15-7-2-4-10-21(15)16/h2,4,7,10,13-14H,3,5-6,8-9,11-12H2,1H3,(H,18,22). The summed E-state index contributed by atoms with van der Waals surface area (Å²) in [4.78, 5) is 12.1. The Labute approximate surface area is 141 Å². The number of rotatable bonds is 7. The van der Waals surface area contributed by atoms with Crippen LogP contribution in [0.1, 0.15) is 32.0 Å². The van der Waals surface area contributed by atoms with Crippen molar-refractivity contribution < 1.29 is 14.3 Å². The second-order valence-electron chi connectivity index (χ2n) is 6.05. The van der Waals surface area contributed by atoms with Gasteiger partial charge in [-0.05, 0) is 38.3 Å². The Bertz CT molecular complexity index is 667. The van der Waals surface area contributed by atoms with E-state index in [9.17, 15) is 4.79 Å². The minimum Gasteiger partial charge on any atom is -0.376 e. The topological polar surface area (TPSA) is 77.8 Å². The molecule has 0 radical (unpaired) electrons. The van der Waals surface area contributed by atoms with Crippen LogP contribution in [0.3, 0.4) is 0 Å². The van der Waals surface area contributed by atoms with Crippen LogP contribution in [-0.2, 0) is 20.7 Å². The van der Waals surface area contributed by atoms with E-state index in [0.717, 1.165) is 30.9 Å². The number of fused-ring (bicyclic) bond motifs is 1. The Hall–Kier alpha value is -1.99. The molecular weight excluding hydrogens is 308 g/mol. The molecule has 1 saturated heterocycles. The zero-order valence-electron chi connectivity index (χ0n) is 14.0. The van der Waals surface area contributed by atoms with Gasteiger partial charge in [-0.25, -0.2) is 0 Å². The normalized spacial score (nSPS) is 19.3. The van der Waals surface area contributed by atoms with Gasteiger partial charge in [-0.3, -0.25) is 9.20 Å². The third-order valence-electron chi connectivity index (χ3n) is 4.21. The first-order chi connectivity index (χ1) is 11.7. The molecular formula is C17H24N4O3. The van der Waals surface area contributed by atoms with Gasteiger partial charge in [0.05, 0.1) is 12.7 Å². The SMILES string of the molecule is CC(OCC1CCCCO1)C(=O)NCCc1nnc2ccccn12. The van der Waals surface area contributed by atoms with Gasteiger partial charge in [-0.15, -0.1) is 10.2 Å². The number of nitrogens with zero attached hydrogens (tertiary/aromatic N) is 3. The first-order valence-corrected chi connectivity index (χ1v) is 8.53. The molecule has 0 bridgehead atoms. The quantitative estimate of drug-likeness (QED) is 0.828. The Kier molecular flexibility index (Phi) is 5.77. The van der Waals surface area contributed by atoms with Crippen molar-refractivity contribution in [3.63, 3.8) is 0 Å². The third kappa shape index (κ3) is 4.30. The Balaban J connectivity index is 1.40.